The Balaban J connectivity index is 2.16. The van der Waals surface area contributed by atoms with Gasteiger partial charge in [-0.3, -0.25) is 9.59 Å². The molecule has 2 bridgehead atoms. The van der Waals surface area contributed by atoms with Gasteiger partial charge in [0.1, 0.15) is 11.4 Å². The molecule has 0 unspecified atom stereocenters. The molecule has 2 saturated heterocycles. The van der Waals surface area contributed by atoms with Gasteiger partial charge in [-0.05, 0) is 20.8 Å². The molecule has 0 aromatic rings. The largest absolute Gasteiger partial charge is 0.357 e. The molecular formula is C12H15NO3. The summed E-state index contributed by atoms with van der Waals surface area (Å²) in [6.45, 7) is 5.36. The Kier molecular flexibility index (Phi) is 1.61. The molecule has 4 heteroatoms. The van der Waals surface area contributed by atoms with E-state index in [2.05, 4.69) is 5.32 Å². The molecule has 2 fully saturated rings. The second kappa shape index (κ2) is 2.56. The number of Topliss-reactive ketones (excluding diaryl/α,β-unsaturated/α-hetero) is 1. The maximum absolute atomic E-state index is 11.9. The van der Waals surface area contributed by atoms with Crippen molar-refractivity contribution in [2.24, 2.45) is 11.8 Å². The summed E-state index contributed by atoms with van der Waals surface area (Å²) in [7, 11) is 0. The van der Waals surface area contributed by atoms with Gasteiger partial charge in [0.25, 0.3) is 0 Å². The molecule has 0 saturated carbocycles. The molecule has 86 valence electrons. The number of carbonyl (C=O) groups is 2. The van der Waals surface area contributed by atoms with Gasteiger partial charge in [0.15, 0.2) is 0 Å². The van der Waals surface area contributed by atoms with Gasteiger partial charge in [0, 0.05) is 0 Å². The lowest BCUT2D eigenvalue weighted by atomic mass is 9.69. The molecule has 3 rings (SSSR count). The lowest BCUT2D eigenvalue weighted by Gasteiger charge is -2.26. The number of carbonyl (C=O) groups excluding carboxylic acids is 2. The second-order valence-corrected chi connectivity index (χ2v) is 5.27. The van der Waals surface area contributed by atoms with Crippen molar-refractivity contribution in [2.75, 3.05) is 0 Å². The molecule has 0 aliphatic carbocycles. The monoisotopic (exact) mass is 221 g/mol. The zero-order chi connectivity index (χ0) is 11.7. The van der Waals surface area contributed by atoms with Gasteiger partial charge < -0.3 is 10.1 Å². The molecule has 3 heterocycles. The minimum atomic E-state index is -0.595. The minimum Gasteiger partial charge on any atom is -0.357 e. The number of fused-ring (bicyclic) bond motifs is 1. The van der Waals surface area contributed by atoms with Gasteiger partial charge in [-0.2, -0.15) is 0 Å². The first kappa shape index (κ1) is 10.0. The highest BCUT2D eigenvalue weighted by molar-refractivity contribution is 5.93. The lowest BCUT2D eigenvalue weighted by Crippen LogP contribution is -2.42. The first-order valence-electron chi connectivity index (χ1n) is 5.62. The van der Waals surface area contributed by atoms with Crippen LogP contribution in [0.4, 0.5) is 0 Å². The fourth-order valence-corrected chi connectivity index (χ4v) is 3.58. The van der Waals surface area contributed by atoms with Crippen molar-refractivity contribution in [3.05, 3.63) is 12.2 Å². The van der Waals surface area contributed by atoms with Crippen LogP contribution in [0.1, 0.15) is 20.8 Å². The van der Waals surface area contributed by atoms with Crippen LogP contribution >= 0.6 is 0 Å². The topological polar surface area (TPSA) is 55.4 Å². The predicted molar refractivity (Wildman–Crippen MR) is 56.6 cm³/mol. The highest BCUT2D eigenvalue weighted by atomic mass is 16.5. The molecule has 0 radical (unpaired) electrons. The van der Waals surface area contributed by atoms with E-state index in [1.807, 2.05) is 26.0 Å². The molecule has 1 N–H and O–H groups in total. The van der Waals surface area contributed by atoms with E-state index in [1.165, 1.54) is 6.92 Å². The third kappa shape index (κ3) is 0.857. The van der Waals surface area contributed by atoms with Crippen LogP contribution in [0.15, 0.2) is 12.2 Å². The summed E-state index contributed by atoms with van der Waals surface area (Å²) in [6, 6.07) is -0.0626. The maximum atomic E-state index is 11.9. The smallest absolute Gasteiger partial charge is 0.227 e. The first-order chi connectivity index (χ1) is 7.41. The van der Waals surface area contributed by atoms with Gasteiger partial charge in [-0.25, -0.2) is 0 Å². The van der Waals surface area contributed by atoms with Crippen LogP contribution in [-0.2, 0) is 14.3 Å². The highest BCUT2D eigenvalue weighted by Crippen LogP contribution is 2.57. The van der Waals surface area contributed by atoms with Crippen LogP contribution in [0, 0.1) is 11.8 Å². The van der Waals surface area contributed by atoms with Gasteiger partial charge in [0.2, 0.25) is 5.91 Å². The Labute approximate surface area is 94.0 Å². The van der Waals surface area contributed by atoms with Crippen LogP contribution in [0.5, 0.6) is 0 Å². The highest BCUT2D eigenvalue weighted by Gasteiger charge is 2.71. The summed E-state index contributed by atoms with van der Waals surface area (Å²) >= 11 is 0. The zero-order valence-electron chi connectivity index (χ0n) is 9.61. The van der Waals surface area contributed by atoms with Crippen LogP contribution in [0.25, 0.3) is 0 Å². The Morgan fingerprint density at radius 3 is 2.81 bits per heavy atom. The summed E-state index contributed by atoms with van der Waals surface area (Å²) in [6.07, 6.45) is 3.89. The van der Waals surface area contributed by atoms with Crippen LogP contribution in [-0.4, -0.2) is 28.9 Å². The van der Waals surface area contributed by atoms with Crippen LogP contribution < -0.4 is 5.32 Å². The van der Waals surface area contributed by atoms with Gasteiger partial charge >= 0.3 is 0 Å². The number of hydrogen-bond acceptors (Lipinski definition) is 3. The van der Waals surface area contributed by atoms with Crippen LogP contribution in [0.3, 0.4) is 0 Å². The van der Waals surface area contributed by atoms with Crippen molar-refractivity contribution in [1.82, 2.24) is 5.32 Å². The van der Waals surface area contributed by atoms with Crippen molar-refractivity contribution < 1.29 is 14.3 Å². The molecule has 3 aliphatic rings. The Hall–Kier alpha value is -1.16. The number of ketones is 1. The van der Waals surface area contributed by atoms with Crippen molar-refractivity contribution >= 4 is 11.7 Å². The predicted octanol–water partition coefficient (Wildman–Crippen LogP) is 0.424. The van der Waals surface area contributed by atoms with E-state index < -0.39 is 11.2 Å². The fourth-order valence-electron chi connectivity index (χ4n) is 3.58. The second-order valence-electron chi connectivity index (χ2n) is 5.27. The average molecular weight is 221 g/mol. The van der Waals surface area contributed by atoms with Crippen LogP contribution in [0.2, 0.25) is 0 Å². The SMILES string of the molecule is CC(=O)[C@H]1[C@H]2C(=O)N[C@H](C)[C@@]23C=C[C@@]1(C)O3. The van der Waals surface area contributed by atoms with Crippen molar-refractivity contribution in [3.63, 3.8) is 0 Å². The van der Waals surface area contributed by atoms with E-state index >= 15 is 0 Å². The Morgan fingerprint density at radius 1 is 1.50 bits per heavy atom. The third-order valence-electron chi connectivity index (χ3n) is 4.26. The quantitative estimate of drug-likeness (QED) is 0.653. The van der Waals surface area contributed by atoms with Crippen molar-refractivity contribution in [1.29, 1.82) is 0 Å². The Bertz CT molecular complexity index is 430. The molecule has 16 heavy (non-hydrogen) atoms. The molecule has 0 aromatic heterocycles. The van der Waals surface area contributed by atoms with E-state index in [0.717, 1.165) is 0 Å². The Morgan fingerprint density at radius 2 is 2.19 bits per heavy atom. The van der Waals surface area contributed by atoms with E-state index in [9.17, 15) is 9.59 Å². The maximum Gasteiger partial charge on any atom is 0.227 e. The molecule has 1 spiro atoms. The molecule has 3 aliphatic heterocycles. The normalized spacial score (nSPS) is 52.9. The fraction of sp³-hybridized carbons (Fsp3) is 0.667. The van der Waals surface area contributed by atoms with Crippen molar-refractivity contribution in [2.45, 2.75) is 38.0 Å². The summed E-state index contributed by atoms with van der Waals surface area (Å²) in [5.74, 6) is -0.721. The number of rotatable bonds is 1. The zero-order valence-corrected chi connectivity index (χ0v) is 9.61. The van der Waals surface area contributed by atoms with Gasteiger partial charge in [-0.15, -0.1) is 0 Å². The molecule has 1 amide bonds. The number of ether oxygens (including phenoxy) is 1. The van der Waals surface area contributed by atoms with Gasteiger partial charge in [-0.1, -0.05) is 12.2 Å². The van der Waals surface area contributed by atoms with E-state index in [4.69, 9.17) is 4.74 Å². The summed E-state index contributed by atoms with van der Waals surface area (Å²) < 4.78 is 6.01. The standard InChI is InChI=1S/C12H15NO3/c1-6(14)8-9-10(15)13-7(2)12(9)5-4-11(8,3)16-12/h4-5,7-9H,1-3H3,(H,13,15)/t7-,8+,9+,11-,12+/m1/s1. The van der Waals surface area contributed by atoms with Gasteiger partial charge in [0.05, 0.1) is 23.5 Å². The summed E-state index contributed by atoms with van der Waals surface area (Å²) in [4.78, 5) is 23.7. The molecule has 4 nitrogen and oxygen atoms in total. The number of hydrogen-bond donors (Lipinski definition) is 1. The first-order valence-corrected chi connectivity index (χ1v) is 5.62. The van der Waals surface area contributed by atoms with Crippen molar-refractivity contribution in [3.8, 4) is 0 Å². The third-order valence-corrected chi connectivity index (χ3v) is 4.26. The van der Waals surface area contributed by atoms with E-state index in [1.54, 1.807) is 0 Å². The summed E-state index contributed by atoms with van der Waals surface area (Å²) in [5.41, 5.74) is -1.19. The lowest BCUT2D eigenvalue weighted by molar-refractivity contribution is -0.131. The number of nitrogens with one attached hydrogen (secondary N) is 1. The number of amides is 1. The molecule has 0 aromatic carbocycles. The molecule has 5 atom stereocenters. The minimum absolute atomic E-state index is 0.0305. The summed E-state index contributed by atoms with van der Waals surface area (Å²) in [5, 5.41) is 2.87. The average Bonchev–Trinajstić information content (AvgIpc) is 2.72. The molecular weight excluding hydrogens is 206 g/mol. The van der Waals surface area contributed by atoms with E-state index in [-0.39, 0.29) is 29.6 Å². The van der Waals surface area contributed by atoms with E-state index in [0.29, 0.717) is 0 Å².